The van der Waals surface area contributed by atoms with E-state index in [9.17, 15) is 9.59 Å². The number of carbonyl (C=O) groups is 2. The summed E-state index contributed by atoms with van der Waals surface area (Å²) in [5, 5.41) is 11.6. The van der Waals surface area contributed by atoms with Crippen molar-refractivity contribution in [2.24, 2.45) is 0 Å². The van der Waals surface area contributed by atoms with Crippen LogP contribution in [-0.4, -0.2) is 23.0 Å². The molecule has 1 aromatic rings. The molecule has 0 aromatic heterocycles. The molecule has 0 fully saturated rings. The van der Waals surface area contributed by atoms with Crippen molar-refractivity contribution in [2.45, 2.75) is 39.0 Å². The van der Waals surface area contributed by atoms with E-state index in [4.69, 9.17) is 9.84 Å². The van der Waals surface area contributed by atoms with Gasteiger partial charge in [-0.1, -0.05) is 19.4 Å². The minimum Gasteiger partial charge on any atom is -0.480 e. The second kappa shape index (κ2) is 5.84. The first-order valence-electron chi connectivity index (χ1n) is 6.35. The molecule has 0 bridgehead atoms. The van der Waals surface area contributed by atoms with Gasteiger partial charge >= 0.3 is 5.97 Å². The molecule has 2 rings (SSSR count). The van der Waals surface area contributed by atoms with Gasteiger partial charge in [-0.05, 0) is 29.7 Å². The molecule has 0 saturated carbocycles. The number of aliphatic carboxylic acids is 1. The van der Waals surface area contributed by atoms with E-state index < -0.39 is 12.0 Å². The van der Waals surface area contributed by atoms with Crippen molar-refractivity contribution >= 4 is 11.9 Å². The monoisotopic (exact) mass is 263 g/mol. The lowest BCUT2D eigenvalue weighted by atomic mass is 10.1. The highest BCUT2D eigenvalue weighted by Crippen LogP contribution is 2.20. The minimum absolute atomic E-state index is 0.351. The second-order valence-electron chi connectivity index (χ2n) is 4.63. The van der Waals surface area contributed by atoms with Gasteiger partial charge in [0.15, 0.2) is 0 Å². The summed E-state index contributed by atoms with van der Waals surface area (Å²) in [6.07, 6.45) is 1.13. The molecule has 19 heavy (non-hydrogen) atoms. The second-order valence-corrected chi connectivity index (χ2v) is 4.63. The van der Waals surface area contributed by atoms with Crippen LogP contribution in [0.5, 0.6) is 0 Å². The van der Waals surface area contributed by atoms with E-state index >= 15 is 0 Å². The van der Waals surface area contributed by atoms with E-state index in [1.807, 2.05) is 13.0 Å². The maximum atomic E-state index is 12.0. The van der Waals surface area contributed by atoms with E-state index in [1.165, 1.54) is 0 Å². The maximum Gasteiger partial charge on any atom is 0.326 e. The van der Waals surface area contributed by atoms with E-state index in [1.54, 1.807) is 12.1 Å². The van der Waals surface area contributed by atoms with E-state index in [-0.39, 0.29) is 5.91 Å². The number of carboxylic acid groups (broad SMARTS) is 1. The Hall–Kier alpha value is -1.88. The molecule has 1 amide bonds. The predicted molar refractivity (Wildman–Crippen MR) is 68.7 cm³/mol. The van der Waals surface area contributed by atoms with Crippen molar-refractivity contribution in [1.82, 2.24) is 5.32 Å². The van der Waals surface area contributed by atoms with Crippen LogP contribution < -0.4 is 5.32 Å². The molecule has 0 spiro atoms. The van der Waals surface area contributed by atoms with Crippen LogP contribution in [0, 0.1) is 0 Å². The Morgan fingerprint density at radius 1 is 1.37 bits per heavy atom. The van der Waals surface area contributed by atoms with Crippen LogP contribution >= 0.6 is 0 Å². The summed E-state index contributed by atoms with van der Waals surface area (Å²) in [6, 6.07) is 4.49. The van der Waals surface area contributed by atoms with Crippen molar-refractivity contribution in [2.75, 3.05) is 0 Å². The molecule has 0 radical (unpaired) electrons. The number of carboxylic acids is 1. The van der Waals surface area contributed by atoms with Crippen molar-refractivity contribution in [3.05, 3.63) is 34.9 Å². The Labute approximate surface area is 111 Å². The molecule has 1 aromatic carbocycles. The molecule has 102 valence electrons. The van der Waals surface area contributed by atoms with Crippen LogP contribution in [-0.2, 0) is 22.7 Å². The van der Waals surface area contributed by atoms with Crippen LogP contribution in [0.4, 0.5) is 0 Å². The van der Waals surface area contributed by atoms with Crippen molar-refractivity contribution in [1.29, 1.82) is 0 Å². The standard InChI is InChI=1S/C14H17NO4/c1-2-3-12(14(17)18)15-13(16)9-4-5-10-7-19-8-11(10)6-9/h4-6,12H,2-3,7-8H2,1H3,(H,15,16)(H,17,18). The van der Waals surface area contributed by atoms with Gasteiger partial charge in [-0.25, -0.2) is 4.79 Å². The third-order valence-electron chi connectivity index (χ3n) is 3.16. The Morgan fingerprint density at radius 2 is 2.11 bits per heavy atom. The third kappa shape index (κ3) is 3.12. The normalized spacial score (nSPS) is 14.8. The average molecular weight is 263 g/mol. The van der Waals surface area contributed by atoms with Crippen LogP contribution in [0.1, 0.15) is 41.3 Å². The van der Waals surface area contributed by atoms with Gasteiger partial charge < -0.3 is 15.2 Å². The Kier molecular flexibility index (Phi) is 4.16. The molecule has 0 saturated heterocycles. The maximum absolute atomic E-state index is 12.0. The van der Waals surface area contributed by atoms with Gasteiger partial charge in [0.2, 0.25) is 0 Å². The molecule has 2 N–H and O–H groups in total. The molecule has 1 heterocycles. The number of rotatable bonds is 5. The molecular weight excluding hydrogens is 246 g/mol. The van der Waals surface area contributed by atoms with Gasteiger partial charge in [0.05, 0.1) is 13.2 Å². The first kappa shape index (κ1) is 13.5. The van der Waals surface area contributed by atoms with Gasteiger partial charge in [-0.3, -0.25) is 4.79 Å². The molecule has 5 nitrogen and oxygen atoms in total. The first-order chi connectivity index (χ1) is 9.11. The summed E-state index contributed by atoms with van der Waals surface area (Å²) < 4.78 is 5.28. The number of carbonyl (C=O) groups excluding carboxylic acids is 1. The zero-order valence-corrected chi connectivity index (χ0v) is 10.8. The highest BCUT2D eigenvalue weighted by molar-refractivity contribution is 5.96. The summed E-state index contributed by atoms with van der Waals surface area (Å²) in [4.78, 5) is 23.0. The fourth-order valence-corrected chi connectivity index (χ4v) is 2.10. The predicted octanol–water partition coefficient (Wildman–Crippen LogP) is 1.70. The van der Waals surface area contributed by atoms with Crippen molar-refractivity contribution in [3.8, 4) is 0 Å². The fraction of sp³-hybridized carbons (Fsp3) is 0.429. The Morgan fingerprint density at radius 3 is 2.79 bits per heavy atom. The number of hydrogen-bond donors (Lipinski definition) is 2. The minimum atomic E-state index is -1.00. The lowest BCUT2D eigenvalue weighted by Gasteiger charge is -2.13. The number of hydrogen-bond acceptors (Lipinski definition) is 3. The number of benzene rings is 1. The van der Waals surface area contributed by atoms with Crippen molar-refractivity contribution in [3.63, 3.8) is 0 Å². The molecular formula is C14H17NO4. The summed E-state index contributed by atoms with van der Waals surface area (Å²) in [6.45, 7) is 2.97. The topological polar surface area (TPSA) is 75.6 Å². The SMILES string of the molecule is CCCC(NC(=O)c1ccc2c(c1)COC2)C(=O)O. The van der Waals surface area contributed by atoms with Crippen molar-refractivity contribution < 1.29 is 19.4 Å². The first-order valence-corrected chi connectivity index (χ1v) is 6.35. The van der Waals surface area contributed by atoms with Crippen LogP contribution in [0.25, 0.3) is 0 Å². The zero-order valence-electron chi connectivity index (χ0n) is 10.8. The summed E-state index contributed by atoms with van der Waals surface area (Å²) in [7, 11) is 0. The zero-order chi connectivity index (χ0) is 13.8. The average Bonchev–Trinajstić information content (AvgIpc) is 2.85. The number of fused-ring (bicyclic) bond motifs is 1. The van der Waals surface area contributed by atoms with Crippen LogP contribution in [0.2, 0.25) is 0 Å². The van der Waals surface area contributed by atoms with Crippen LogP contribution in [0.15, 0.2) is 18.2 Å². The lowest BCUT2D eigenvalue weighted by molar-refractivity contribution is -0.139. The van der Waals surface area contributed by atoms with Gasteiger partial charge in [0.1, 0.15) is 6.04 Å². The van der Waals surface area contributed by atoms with Gasteiger partial charge in [-0.2, -0.15) is 0 Å². The molecule has 1 unspecified atom stereocenters. The molecule has 1 aliphatic rings. The quantitative estimate of drug-likeness (QED) is 0.847. The molecule has 5 heteroatoms. The Balaban J connectivity index is 2.09. The fourth-order valence-electron chi connectivity index (χ4n) is 2.10. The largest absolute Gasteiger partial charge is 0.480 e. The summed E-state index contributed by atoms with van der Waals surface area (Å²) in [5.74, 6) is -1.35. The summed E-state index contributed by atoms with van der Waals surface area (Å²) in [5.41, 5.74) is 2.56. The number of ether oxygens (including phenoxy) is 1. The van der Waals surface area contributed by atoms with Gasteiger partial charge in [0.25, 0.3) is 5.91 Å². The van der Waals surface area contributed by atoms with Gasteiger partial charge in [0, 0.05) is 5.56 Å². The highest BCUT2D eigenvalue weighted by Gasteiger charge is 2.20. The summed E-state index contributed by atoms with van der Waals surface area (Å²) >= 11 is 0. The van der Waals surface area contributed by atoms with E-state index in [0.717, 1.165) is 11.1 Å². The van der Waals surface area contributed by atoms with Crippen LogP contribution in [0.3, 0.4) is 0 Å². The van der Waals surface area contributed by atoms with Gasteiger partial charge in [-0.15, -0.1) is 0 Å². The molecule has 0 aliphatic carbocycles. The number of nitrogens with one attached hydrogen (secondary N) is 1. The highest BCUT2D eigenvalue weighted by atomic mass is 16.5. The number of amides is 1. The lowest BCUT2D eigenvalue weighted by Crippen LogP contribution is -2.40. The molecule has 1 aliphatic heterocycles. The van der Waals surface area contributed by atoms with E-state index in [2.05, 4.69) is 5.32 Å². The smallest absolute Gasteiger partial charge is 0.326 e. The Bertz CT molecular complexity index is 498. The third-order valence-corrected chi connectivity index (χ3v) is 3.16. The van der Waals surface area contributed by atoms with E-state index in [0.29, 0.717) is 31.6 Å². The molecule has 1 atom stereocenters.